The molecular weight excluding hydrogens is 709 g/mol. The standard InChI is InChI=1S/C41H39BrFN5O3/c1-4-50-33-24-34(37(43)35(25-33)51-27(2)3)38(45-32-22-20-28(21-23-32)39(44)47-49)40-46-36(42)26-48(40)41(29-14-8-5-9-15-29,30-16-10-6-11-17-30)31-18-12-7-13-19-31/h5-27,38,45,49H,4H2,1-3H3,(H2,44,47). The number of nitrogens with two attached hydrogens (primary N) is 1. The Morgan fingerprint density at radius 3 is 1.94 bits per heavy atom. The van der Waals surface area contributed by atoms with Crippen molar-refractivity contribution in [1.29, 1.82) is 0 Å². The number of nitrogens with zero attached hydrogens (tertiary/aromatic N) is 3. The van der Waals surface area contributed by atoms with E-state index in [-0.39, 0.29) is 23.3 Å². The van der Waals surface area contributed by atoms with Crippen molar-refractivity contribution in [2.24, 2.45) is 10.9 Å². The Labute approximate surface area is 305 Å². The predicted octanol–water partition coefficient (Wildman–Crippen LogP) is 9.11. The minimum atomic E-state index is -0.959. The largest absolute Gasteiger partial charge is 0.494 e. The van der Waals surface area contributed by atoms with Gasteiger partial charge in [-0.3, -0.25) is 0 Å². The Kier molecular flexibility index (Phi) is 10.7. The topological polar surface area (TPSA) is 107 Å². The summed E-state index contributed by atoms with van der Waals surface area (Å²) in [6.07, 6.45) is 1.65. The highest BCUT2D eigenvalue weighted by Crippen LogP contribution is 2.45. The maximum Gasteiger partial charge on any atom is 0.171 e. The van der Waals surface area contributed by atoms with Crippen LogP contribution in [0.4, 0.5) is 10.1 Å². The SMILES string of the molecule is CCOc1cc(OC(C)C)c(F)c(C(Nc2ccc(/C(N)=N/O)cc2)c2nc(Br)cn2C(c2ccccc2)(c2ccccc2)c2ccccc2)c1. The fourth-order valence-electron chi connectivity index (χ4n) is 6.43. The number of halogens is 2. The number of oxime groups is 1. The van der Waals surface area contributed by atoms with Gasteiger partial charge in [-0.05, 0) is 83.7 Å². The summed E-state index contributed by atoms with van der Waals surface area (Å²) < 4.78 is 31.6. The van der Waals surface area contributed by atoms with Crippen molar-refractivity contribution in [1.82, 2.24) is 9.55 Å². The van der Waals surface area contributed by atoms with Crippen LogP contribution in [-0.2, 0) is 5.54 Å². The number of ether oxygens (including phenoxy) is 2. The zero-order chi connectivity index (χ0) is 36.0. The van der Waals surface area contributed by atoms with E-state index < -0.39 is 17.4 Å². The van der Waals surface area contributed by atoms with Gasteiger partial charge in [-0.15, -0.1) is 0 Å². The molecule has 1 aromatic heterocycles. The molecule has 1 atom stereocenters. The summed E-state index contributed by atoms with van der Waals surface area (Å²) in [4.78, 5) is 5.09. The van der Waals surface area contributed by atoms with Crippen LogP contribution in [0.25, 0.3) is 0 Å². The van der Waals surface area contributed by atoms with Gasteiger partial charge in [-0.2, -0.15) is 0 Å². The van der Waals surface area contributed by atoms with Crippen molar-refractivity contribution >= 4 is 27.5 Å². The molecule has 6 rings (SSSR count). The highest BCUT2D eigenvalue weighted by Gasteiger charge is 2.42. The van der Waals surface area contributed by atoms with Crippen molar-refractivity contribution < 1.29 is 19.1 Å². The lowest BCUT2D eigenvalue weighted by Gasteiger charge is -2.39. The van der Waals surface area contributed by atoms with E-state index in [1.807, 2.05) is 81.6 Å². The lowest BCUT2D eigenvalue weighted by molar-refractivity contribution is 0.228. The van der Waals surface area contributed by atoms with Crippen molar-refractivity contribution in [3.05, 3.63) is 178 Å². The molecule has 0 amide bonds. The first-order valence-electron chi connectivity index (χ1n) is 16.7. The Bertz CT molecular complexity index is 1990. The molecule has 10 heteroatoms. The fourth-order valence-corrected chi connectivity index (χ4v) is 6.81. The highest BCUT2D eigenvalue weighted by atomic mass is 79.9. The van der Waals surface area contributed by atoms with Crippen LogP contribution < -0.4 is 20.5 Å². The van der Waals surface area contributed by atoms with Gasteiger partial charge in [-0.1, -0.05) is 96.2 Å². The fraction of sp³-hybridized carbons (Fsp3) is 0.171. The maximum atomic E-state index is 17.0. The van der Waals surface area contributed by atoms with Gasteiger partial charge in [0.05, 0.1) is 12.7 Å². The molecule has 0 aliphatic carbocycles. The molecule has 0 fully saturated rings. The molecule has 0 saturated carbocycles. The van der Waals surface area contributed by atoms with Crippen LogP contribution in [0.2, 0.25) is 0 Å². The minimum absolute atomic E-state index is 0.0260. The molecule has 0 saturated heterocycles. The summed E-state index contributed by atoms with van der Waals surface area (Å²) in [6, 6.07) is 40.0. The monoisotopic (exact) mass is 747 g/mol. The molecule has 0 aliphatic rings. The summed E-state index contributed by atoms with van der Waals surface area (Å²) in [6.45, 7) is 5.95. The lowest BCUT2D eigenvalue weighted by Crippen LogP contribution is -2.39. The number of amidine groups is 1. The van der Waals surface area contributed by atoms with Crippen LogP contribution in [0.1, 0.15) is 60.5 Å². The molecule has 0 spiro atoms. The number of aromatic nitrogens is 2. The van der Waals surface area contributed by atoms with Crippen LogP contribution in [0, 0.1) is 5.82 Å². The van der Waals surface area contributed by atoms with Gasteiger partial charge in [0.15, 0.2) is 17.4 Å². The average molecular weight is 749 g/mol. The van der Waals surface area contributed by atoms with Crippen molar-refractivity contribution in [3.63, 3.8) is 0 Å². The molecule has 5 aromatic carbocycles. The molecule has 1 heterocycles. The second-order valence-electron chi connectivity index (χ2n) is 12.2. The summed E-state index contributed by atoms with van der Waals surface area (Å²) in [5.74, 6) is 0.450. The van der Waals surface area contributed by atoms with Gasteiger partial charge in [0, 0.05) is 29.1 Å². The average Bonchev–Trinajstić information content (AvgIpc) is 3.54. The van der Waals surface area contributed by atoms with Crippen molar-refractivity contribution in [2.75, 3.05) is 11.9 Å². The van der Waals surface area contributed by atoms with E-state index in [1.165, 1.54) is 0 Å². The van der Waals surface area contributed by atoms with Gasteiger partial charge in [-0.25, -0.2) is 9.37 Å². The third-order valence-corrected chi connectivity index (χ3v) is 8.91. The first kappa shape index (κ1) is 35.2. The van der Waals surface area contributed by atoms with E-state index in [2.05, 4.69) is 67.4 Å². The van der Waals surface area contributed by atoms with Crippen molar-refractivity contribution in [3.8, 4) is 11.5 Å². The molecule has 1 unspecified atom stereocenters. The first-order chi connectivity index (χ1) is 24.8. The van der Waals surface area contributed by atoms with Crippen LogP contribution in [0.5, 0.6) is 11.5 Å². The van der Waals surface area contributed by atoms with E-state index in [0.29, 0.717) is 34.0 Å². The van der Waals surface area contributed by atoms with Gasteiger partial charge in [0.25, 0.3) is 0 Å². The second kappa shape index (κ2) is 15.5. The molecule has 51 heavy (non-hydrogen) atoms. The summed E-state index contributed by atoms with van der Waals surface area (Å²) in [7, 11) is 0. The molecule has 0 bridgehead atoms. The molecule has 8 nitrogen and oxygen atoms in total. The van der Waals surface area contributed by atoms with Gasteiger partial charge in [0.1, 0.15) is 27.8 Å². The van der Waals surface area contributed by atoms with E-state index in [4.69, 9.17) is 20.2 Å². The zero-order valence-corrected chi connectivity index (χ0v) is 30.1. The second-order valence-corrected chi connectivity index (χ2v) is 13.0. The molecule has 4 N–H and O–H groups in total. The van der Waals surface area contributed by atoms with Gasteiger partial charge in [0.2, 0.25) is 0 Å². The number of rotatable bonds is 13. The molecule has 260 valence electrons. The quantitative estimate of drug-likeness (QED) is 0.0358. The Morgan fingerprint density at radius 1 is 0.902 bits per heavy atom. The van der Waals surface area contributed by atoms with E-state index in [9.17, 15) is 5.21 Å². The summed E-state index contributed by atoms with van der Waals surface area (Å²) in [5.41, 5.74) is 9.26. The van der Waals surface area contributed by atoms with Crippen LogP contribution >= 0.6 is 15.9 Å². The molecule has 6 aromatic rings. The first-order valence-corrected chi connectivity index (χ1v) is 17.4. The van der Waals surface area contributed by atoms with Gasteiger partial charge < -0.3 is 30.3 Å². The minimum Gasteiger partial charge on any atom is -0.494 e. The Balaban J connectivity index is 1.68. The Morgan fingerprint density at radius 2 is 1.45 bits per heavy atom. The summed E-state index contributed by atoms with van der Waals surface area (Å²) in [5, 5.41) is 15.9. The number of benzene rings is 5. The maximum absolute atomic E-state index is 17.0. The normalized spacial score (nSPS) is 12.5. The highest BCUT2D eigenvalue weighted by molar-refractivity contribution is 9.10. The van der Waals surface area contributed by atoms with Crippen LogP contribution in [0.3, 0.4) is 0 Å². The van der Waals surface area contributed by atoms with E-state index >= 15 is 4.39 Å². The summed E-state index contributed by atoms with van der Waals surface area (Å²) >= 11 is 3.70. The number of nitrogens with one attached hydrogen (secondary N) is 1. The number of hydrogen-bond acceptors (Lipinski definition) is 6. The van der Waals surface area contributed by atoms with Crippen LogP contribution in [0.15, 0.2) is 143 Å². The molecule has 0 aliphatic heterocycles. The lowest BCUT2D eigenvalue weighted by atomic mass is 9.76. The van der Waals surface area contributed by atoms with Crippen LogP contribution in [-0.4, -0.2) is 33.3 Å². The van der Waals surface area contributed by atoms with Crippen molar-refractivity contribution in [2.45, 2.75) is 38.5 Å². The number of hydrogen-bond donors (Lipinski definition) is 3. The zero-order valence-electron chi connectivity index (χ0n) is 28.5. The molecular formula is C41H39BrFN5O3. The third-order valence-electron chi connectivity index (χ3n) is 8.52. The van der Waals surface area contributed by atoms with E-state index in [1.54, 1.807) is 36.4 Å². The number of imidazole rings is 1. The smallest absolute Gasteiger partial charge is 0.171 e. The number of anilines is 1. The van der Waals surface area contributed by atoms with Gasteiger partial charge >= 0.3 is 0 Å². The predicted molar refractivity (Wildman–Crippen MR) is 202 cm³/mol. The Hall–Kier alpha value is -5.61. The third kappa shape index (κ3) is 7.18. The van der Waals surface area contributed by atoms with E-state index in [0.717, 1.165) is 16.7 Å². The molecule has 0 radical (unpaired) electrons.